The molecule has 0 amide bonds. The number of fused-ring (bicyclic) bond motifs is 1. The monoisotopic (exact) mass is 266 g/mol. The topological polar surface area (TPSA) is 97.1 Å². The molecule has 0 radical (unpaired) electrons. The van der Waals surface area contributed by atoms with Crippen LogP contribution in [0.4, 0.5) is 0 Å². The Hall–Kier alpha value is -1.54. The molecule has 0 aliphatic rings. The normalized spacial score (nSPS) is 11.8. The lowest BCUT2D eigenvalue weighted by Gasteiger charge is -2.09. The summed E-state index contributed by atoms with van der Waals surface area (Å²) >= 11 is 0. The van der Waals surface area contributed by atoms with Crippen LogP contribution < -0.4 is 16.0 Å². The Morgan fingerprint density at radius 1 is 1.28 bits per heavy atom. The molecule has 0 aliphatic carbocycles. The van der Waals surface area contributed by atoms with Gasteiger partial charge in [0.2, 0.25) is 0 Å². The van der Waals surface area contributed by atoms with Crippen molar-refractivity contribution in [3.05, 3.63) is 36.7 Å². The van der Waals surface area contributed by atoms with Crippen LogP contribution in [0, 0.1) is 0 Å². The number of sulfonamides is 1. The fourth-order valence-corrected chi connectivity index (χ4v) is 2.74. The SMILES string of the molecule is NCCNNS(=O)(=O)c1cccc2cnccc12. The van der Waals surface area contributed by atoms with Crippen LogP contribution in [0.3, 0.4) is 0 Å². The molecule has 0 fully saturated rings. The van der Waals surface area contributed by atoms with Crippen LogP contribution in [0.15, 0.2) is 41.6 Å². The van der Waals surface area contributed by atoms with Crippen LogP contribution in [0.5, 0.6) is 0 Å². The van der Waals surface area contributed by atoms with E-state index in [1.807, 2.05) is 6.07 Å². The zero-order valence-electron chi connectivity index (χ0n) is 9.63. The summed E-state index contributed by atoms with van der Waals surface area (Å²) in [4.78, 5) is 6.47. The zero-order valence-corrected chi connectivity index (χ0v) is 10.4. The predicted octanol–water partition coefficient (Wildman–Crippen LogP) is -0.0236. The van der Waals surface area contributed by atoms with Gasteiger partial charge in [-0.15, -0.1) is 4.83 Å². The molecule has 1 aromatic heterocycles. The van der Waals surface area contributed by atoms with Gasteiger partial charge in [0.15, 0.2) is 0 Å². The maximum Gasteiger partial charge on any atom is 0.253 e. The molecule has 2 aromatic rings. The molecule has 96 valence electrons. The minimum Gasteiger partial charge on any atom is -0.329 e. The van der Waals surface area contributed by atoms with Crippen molar-refractivity contribution < 1.29 is 8.42 Å². The predicted molar refractivity (Wildman–Crippen MR) is 69.1 cm³/mol. The van der Waals surface area contributed by atoms with E-state index in [1.165, 1.54) is 0 Å². The molecule has 0 atom stereocenters. The van der Waals surface area contributed by atoms with Gasteiger partial charge in [0.05, 0.1) is 4.90 Å². The first-order chi connectivity index (χ1) is 8.65. The summed E-state index contributed by atoms with van der Waals surface area (Å²) in [6, 6.07) is 6.72. The molecular weight excluding hydrogens is 252 g/mol. The number of rotatable bonds is 5. The molecule has 0 bridgehead atoms. The summed E-state index contributed by atoms with van der Waals surface area (Å²) in [6.45, 7) is 0.716. The first kappa shape index (κ1) is 12.9. The largest absolute Gasteiger partial charge is 0.329 e. The van der Waals surface area contributed by atoms with Crippen LogP contribution >= 0.6 is 0 Å². The molecule has 0 spiro atoms. The quantitative estimate of drug-likeness (QED) is 0.522. The second kappa shape index (κ2) is 5.40. The molecule has 1 aromatic carbocycles. The van der Waals surface area contributed by atoms with E-state index in [4.69, 9.17) is 5.73 Å². The Balaban J connectivity index is 2.41. The Kier molecular flexibility index (Phi) is 3.87. The van der Waals surface area contributed by atoms with Gasteiger partial charge in [-0.25, -0.2) is 13.8 Å². The van der Waals surface area contributed by atoms with Gasteiger partial charge in [-0.3, -0.25) is 4.98 Å². The highest BCUT2D eigenvalue weighted by Crippen LogP contribution is 2.21. The number of nitrogens with two attached hydrogens (primary N) is 1. The van der Waals surface area contributed by atoms with Crippen LogP contribution in [-0.2, 0) is 10.0 Å². The Morgan fingerprint density at radius 2 is 2.11 bits per heavy atom. The summed E-state index contributed by atoms with van der Waals surface area (Å²) in [7, 11) is -3.60. The summed E-state index contributed by atoms with van der Waals surface area (Å²) in [5.74, 6) is 0. The van der Waals surface area contributed by atoms with Crippen LogP contribution in [-0.4, -0.2) is 26.5 Å². The van der Waals surface area contributed by atoms with Crippen LogP contribution in [0.25, 0.3) is 10.8 Å². The summed E-state index contributed by atoms with van der Waals surface area (Å²) in [6.07, 6.45) is 3.19. The van der Waals surface area contributed by atoms with Gasteiger partial charge in [-0.1, -0.05) is 12.1 Å². The molecule has 1 heterocycles. The van der Waals surface area contributed by atoms with Crippen LogP contribution in [0.2, 0.25) is 0 Å². The smallest absolute Gasteiger partial charge is 0.253 e. The first-order valence-corrected chi connectivity index (χ1v) is 6.91. The van der Waals surface area contributed by atoms with Crippen molar-refractivity contribution in [2.24, 2.45) is 5.73 Å². The third kappa shape index (κ3) is 2.65. The second-order valence-electron chi connectivity index (χ2n) is 3.67. The molecule has 0 saturated heterocycles. The molecule has 2 rings (SSSR count). The maximum absolute atomic E-state index is 12.1. The Morgan fingerprint density at radius 3 is 2.89 bits per heavy atom. The minimum absolute atomic E-state index is 0.215. The molecule has 18 heavy (non-hydrogen) atoms. The molecular formula is C11H14N4O2S. The summed E-state index contributed by atoms with van der Waals surface area (Å²) in [5, 5.41) is 1.41. The van der Waals surface area contributed by atoms with E-state index in [-0.39, 0.29) is 4.90 Å². The van der Waals surface area contributed by atoms with Gasteiger partial charge in [-0.05, 0) is 12.1 Å². The van der Waals surface area contributed by atoms with E-state index in [2.05, 4.69) is 15.2 Å². The van der Waals surface area contributed by atoms with Crippen molar-refractivity contribution in [2.45, 2.75) is 4.90 Å². The van der Waals surface area contributed by atoms with E-state index in [9.17, 15) is 8.42 Å². The van der Waals surface area contributed by atoms with Crippen LogP contribution in [0.1, 0.15) is 0 Å². The third-order valence-electron chi connectivity index (χ3n) is 2.41. The van der Waals surface area contributed by atoms with E-state index < -0.39 is 10.0 Å². The average molecular weight is 266 g/mol. The molecule has 4 N–H and O–H groups in total. The number of aromatic nitrogens is 1. The lowest BCUT2D eigenvalue weighted by molar-refractivity contribution is 0.558. The van der Waals surface area contributed by atoms with E-state index in [1.54, 1.807) is 30.6 Å². The van der Waals surface area contributed by atoms with Crippen molar-refractivity contribution in [3.8, 4) is 0 Å². The number of hydrogen-bond acceptors (Lipinski definition) is 5. The van der Waals surface area contributed by atoms with Gasteiger partial charge in [0, 0.05) is 36.3 Å². The zero-order chi connectivity index (χ0) is 13.0. The highest BCUT2D eigenvalue weighted by atomic mass is 32.2. The fourth-order valence-electron chi connectivity index (χ4n) is 1.60. The first-order valence-electron chi connectivity index (χ1n) is 5.42. The van der Waals surface area contributed by atoms with Gasteiger partial charge < -0.3 is 5.73 Å². The minimum atomic E-state index is -3.60. The van der Waals surface area contributed by atoms with Crippen molar-refractivity contribution >= 4 is 20.8 Å². The highest BCUT2D eigenvalue weighted by molar-refractivity contribution is 7.89. The summed E-state index contributed by atoms with van der Waals surface area (Å²) < 4.78 is 24.2. The Labute approximate surface area is 105 Å². The van der Waals surface area contributed by atoms with Gasteiger partial charge in [-0.2, -0.15) is 0 Å². The molecule has 0 unspecified atom stereocenters. The van der Waals surface area contributed by atoms with Crippen molar-refractivity contribution in [3.63, 3.8) is 0 Å². The van der Waals surface area contributed by atoms with Gasteiger partial charge in [0.1, 0.15) is 0 Å². The average Bonchev–Trinajstić information content (AvgIpc) is 2.38. The number of nitrogens with zero attached hydrogens (tertiary/aromatic N) is 1. The number of hydrazine groups is 1. The molecule has 6 nitrogen and oxygen atoms in total. The highest BCUT2D eigenvalue weighted by Gasteiger charge is 2.16. The lowest BCUT2D eigenvalue weighted by atomic mass is 10.2. The number of pyridine rings is 1. The lowest BCUT2D eigenvalue weighted by Crippen LogP contribution is -2.40. The third-order valence-corrected chi connectivity index (χ3v) is 3.75. The Bertz CT molecular complexity index is 637. The van der Waals surface area contributed by atoms with Crippen molar-refractivity contribution in [2.75, 3.05) is 13.1 Å². The van der Waals surface area contributed by atoms with Crippen molar-refractivity contribution in [1.82, 2.24) is 15.2 Å². The van der Waals surface area contributed by atoms with Crippen molar-refractivity contribution in [1.29, 1.82) is 0 Å². The number of nitrogens with one attached hydrogen (secondary N) is 2. The molecule has 0 saturated carbocycles. The molecule has 0 aliphatic heterocycles. The second-order valence-corrected chi connectivity index (χ2v) is 5.32. The fraction of sp³-hybridized carbons (Fsp3) is 0.182. The van der Waals surface area contributed by atoms with E-state index >= 15 is 0 Å². The number of benzene rings is 1. The van der Waals surface area contributed by atoms with Gasteiger partial charge >= 0.3 is 0 Å². The summed E-state index contributed by atoms with van der Waals surface area (Å²) in [5.41, 5.74) is 7.84. The maximum atomic E-state index is 12.1. The van der Waals surface area contributed by atoms with E-state index in [0.29, 0.717) is 18.5 Å². The van der Waals surface area contributed by atoms with Gasteiger partial charge in [0.25, 0.3) is 10.0 Å². The number of hydrogen-bond donors (Lipinski definition) is 3. The van der Waals surface area contributed by atoms with E-state index in [0.717, 1.165) is 5.39 Å². The molecule has 7 heteroatoms. The standard InChI is InChI=1S/C11H14N4O2S/c12-5-7-14-15-18(16,17)11-3-1-2-9-8-13-6-4-10(9)11/h1-4,6,8,14-15H,5,7,12H2.